The van der Waals surface area contributed by atoms with E-state index in [-0.39, 0.29) is 11.7 Å². The molecule has 1 saturated heterocycles. The molecule has 1 N–H and O–H groups in total. The van der Waals surface area contributed by atoms with E-state index in [1.807, 2.05) is 19.1 Å². The Balaban J connectivity index is 1.54. The lowest BCUT2D eigenvalue weighted by atomic mass is 9.98. The molecule has 3 heterocycles. The van der Waals surface area contributed by atoms with Gasteiger partial charge in [-0.15, -0.1) is 0 Å². The van der Waals surface area contributed by atoms with E-state index in [1.54, 1.807) is 13.0 Å². The summed E-state index contributed by atoms with van der Waals surface area (Å²) in [5.41, 5.74) is 3.20. The maximum absolute atomic E-state index is 13.8. The Labute approximate surface area is 152 Å². The Morgan fingerprint density at radius 3 is 2.96 bits per heavy atom. The van der Waals surface area contributed by atoms with Crippen molar-refractivity contribution in [2.75, 3.05) is 24.5 Å². The van der Waals surface area contributed by atoms with E-state index in [0.29, 0.717) is 29.5 Å². The van der Waals surface area contributed by atoms with Crippen molar-refractivity contribution in [2.24, 2.45) is 5.92 Å². The molecule has 1 aromatic carbocycles. The van der Waals surface area contributed by atoms with E-state index in [0.717, 1.165) is 49.3 Å². The van der Waals surface area contributed by atoms with Crippen LogP contribution >= 0.6 is 0 Å². The highest BCUT2D eigenvalue weighted by Gasteiger charge is 2.30. The molecule has 136 valence electrons. The average Bonchev–Trinajstić information content (AvgIpc) is 3.07. The highest BCUT2D eigenvalue weighted by atomic mass is 19.1. The van der Waals surface area contributed by atoms with Gasteiger partial charge in [-0.2, -0.15) is 0 Å². The summed E-state index contributed by atoms with van der Waals surface area (Å²) in [4.78, 5) is 23.4. The molecule has 0 saturated carbocycles. The van der Waals surface area contributed by atoms with E-state index in [1.165, 1.54) is 0 Å². The van der Waals surface area contributed by atoms with Crippen LogP contribution < -0.4 is 10.2 Å². The zero-order valence-corrected chi connectivity index (χ0v) is 15.2. The number of nitrogens with one attached hydrogen (secondary N) is 1. The smallest absolute Gasteiger partial charge is 0.270 e. The van der Waals surface area contributed by atoms with E-state index < -0.39 is 0 Å². The Hall–Kier alpha value is -2.50. The predicted molar refractivity (Wildman–Crippen MR) is 98.0 cm³/mol. The molecular weight excluding hydrogens is 331 g/mol. The minimum absolute atomic E-state index is 0.108. The fourth-order valence-corrected chi connectivity index (χ4v) is 3.93. The van der Waals surface area contributed by atoms with Gasteiger partial charge in [-0.25, -0.2) is 14.4 Å². The van der Waals surface area contributed by atoms with Crippen molar-refractivity contribution >= 4 is 11.7 Å². The van der Waals surface area contributed by atoms with Crippen molar-refractivity contribution in [3.63, 3.8) is 0 Å². The van der Waals surface area contributed by atoms with Gasteiger partial charge in [0, 0.05) is 25.2 Å². The fourth-order valence-electron chi connectivity index (χ4n) is 3.93. The lowest BCUT2D eigenvalue weighted by molar-refractivity contribution is 0.0940. The van der Waals surface area contributed by atoms with Gasteiger partial charge < -0.3 is 10.2 Å². The van der Waals surface area contributed by atoms with Crippen LogP contribution in [-0.2, 0) is 12.8 Å². The van der Waals surface area contributed by atoms with Crippen LogP contribution in [0, 0.1) is 25.6 Å². The first-order chi connectivity index (χ1) is 12.5. The quantitative estimate of drug-likeness (QED) is 0.920. The van der Waals surface area contributed by atoms with Gasteiger partial charge in [0.1, 0.15) is 23.2 Å². The van der Waals surface area contributed by atoms with Crippen LogP contribution in [0.1, 0.15) is 39.4 Å². The molecule has 4 rings (SSSR count). The van der Waals surface area contributed by atoms with Gasteiger partial charge in [0.2, 0.25) is 0 Å². The number of halogens is 1. The third-order valence-corrected chi connectivity index (χ3v) is 5.32. The minimum atomic E-state index is -0.135. The molecule has 6 heteroatoms. The van der Waals surface area contributed by atoms with Gasteiger partial charge >= 0.3 is 0 Å². The Morgan fingerprint density at radius 1 is 1.31 bits per heavy atom. The van der Waals surface area contributed by atoms with Gasteiger partial charge in [-0.1, -0.05) is 12.1 Å². The fraction of sp³-hybridized carbons (Fsp3) is 0.450. The van der Waals surface area contributed by atoms with E-state index in [4.69, 9.17) is 0 Å². The summed E-state index contributed by atoms with van der Waals surface area (Å²) < 4.78 is 13.8. The first-order valence-corrected chi connectivity index (χ1v) is 9.17. The van der Waals surface area contributed by atoms with Crippen LogP contribution in [0.2, 0.25) is 0 Å². The van der Waals surface area contributed by atoms with Crippen LogP contribution in [0.3, 0.4) is 0 Å². The Morgan fingerprint density at radius 2 is 2.15 bits per heavy atom. The lowest BCUT2D eigenvalue weighted by Crippen LogP contribution is -2.35. The van der Waals surface area contributed by atoms with Gasteiger partial charge in [-0.05, 0) is 56.2 Å². The Kier molecular flexibility index (Phi) is 4.34. The van der Waals surface area contributed by atoms with E-state index in [2.05, 4.69) is 20.2 Å². The summed E-state index contributed by atoms with van der Waals surface area (Å²) in [7, 11) is 0. The lowest BCUT2D eigenvalue weighted by Gasteiger charge is -2.25. The molecular formula is C20H23FN4O. The molecule has 2 aromatic rings. The second-order valence-corrected chi connectivity index (χ2v) is 7.32. The number of aryl methyl sites for hydroxylation is 2. The third-order valence-electron chi connectivity index (χ3n) is 5.32. The van der Waals surface area contributed by atoms with Crippen molar-refractivity contribution in [3.8, 4) is 0 Å². The summed E-state index contributed by atoms with van der Waals surface area (Å²) in [6, 6.07) is 5.52. The number of fused-ring (bicyclic) bond motifs is 1. The molecule has 1 unspecified atom stereocenters. The van der Waals surface area contributed by atoms with Gasteiger partial charge in [-0.3, -0.25) is 4.79 Å². The number of anilines is 1. The normalized spacial score (nSPS) is 19.4. The number of benzene rings is 1. The summed E-state index contributed by atoms with van der Waals surface area (Å²) in [5, 5.41) is 2.85. The van der Waals surface area contributed by atoms with Crippen LogP contribution in [0.25, 0.3) is 0 Å². The summed E-state index contributed by atoms with van der Waals surface area (Å²) >= 11 is 0. The molecule has 1 aromatic heterocycles. The molecule has 0 spiro atoms. The van der Waals surface area contributed by atoms with Crippen molar-refractivity contribution in [1.29, 1.82) is 0 Å². The van der Waals surface area contributed by atoms with Crippen LogP contribution in [-0.4, -0.2) is 35.5 Å². The summed E-state index contributed by atoms with van der Waals surface area (Å²) in [6.45, 7) is 6.02. The van der Waals surface area contributed by atoms with Crippen LogP contribution in [0.15, 0.2) is 18.2 Å². The molecule has 0 radical (unpaired) electrons. The number of hydrogen-bond acceptors (Lipinski definition) is 4. The third kappa shape index (κ3) is 3.16. The highest BCUT2D eigenvalue weighted by Crippen LogP contribution is 2.30. The van der Waals surface area contributed by atoms with Gasteiger partial charge in [0.15, 0.2) is 0 Å². The molecule has 0 bridgehead atoms. The molecule has 0 aliphatic carbocycles. The highest BCUT2D eigenvalue weighted by molar-refractivity contribution is 5.96. The molecule has 2 aliphatic rings. The first kappa shape index (κ1) is 16.9. The van der Waals surface area contributed by atoms with Crippen molar-refractivity contribution in [3.05, 3.63) is 52.2 Å². The number of hydrogen-bond donors (Lipinski definition) is 1. The van der Waals surface area contributed by atoms with Crippen molar-refractivity contribution < 1.29 is 9.18 Å². The number of nitrogens with zero attached hydrogens (tertiary/aromatic N) is 3. The molecule has 5 nitrogen and oxygen atoms in total. The molecule has 1 atom stereocenters. The van der Waals surface area contributed by atoms with E-state index in [9.17, 15) is 9.18 Å². The minimum Gasteiger partial charge on any atom is -0.356 e. The van der Waals surface area contributed by atoms with Crippen LogP contribution in [0.5, 0.6) is 0 Å². The maximum Gasteiger partial charge on any atom is 0.270 e. The van der Waals surface area contributed by atoms with E-state index >= 15 is 0 Å². The average molecular weight is 354 g/mol. The van der Waals surface area contributed by atoms with Crippen molar-refractivity contribution in [2.45, 2.75) is 33.1 Å². The van der Waals surface area contributed by atoms with Crippen LogP contribution in [0.4, 0.5) is 10.2 Å². The monoisotopic (exact) mass is 354 g/mol. The number of aromatic nitrogens is 2. The molecule has 1 fully saturated rings. The standard InChI is InChI=1S/C20H23FN4O/c1-12-3-4-14(10-17(12)21)9-15-6-8-25(11-15)19-16-5-7-22-20(26)18(16)23-13(2)24-19/h3-4,10,15H,5-9,11H2,1-2H3,(H,22,26). The zero-order chi connectivity index (χ0) is 18.3. The molecule has 26 heavy (non-hydrogen) atoms. The van der Waals surface area contributed by atoms with Gasteiger partial charge in [0.05, 0.1) is 0 Å². The largest absolute Gasteiger partial charge is 0.356 e. The number of carbonyl (C=O) groups is 1. The summed E-state index contributed by atoms with van der Waals surface area (Å²) in [6.07, 6.45) is 2.67. The van der Waals surface area contributed by atoms with Crippen molar-refractivity contribution in [1.82, 2.24) is 15.3 Å². The first-order valence-electron chi connectivity index (χ1n) is 9.17. The SMILES string of the molecule is Cc1nc2c(c(N3CCC(Cc4ccc(C)c(F)c4)C3)n1)CCNC2=O. The Bertz CT molecular complexity index is 867. The van der Waals surface area contributed by atoms with Gasteiger partial charge in [0.25, 0.3) is 5.91 Å². The zero-order valence-electron chi connectivity index (χ0n) is 15.2. The second-order valence-electron chi connectivity index (χ2n) is 7.32. The number of rotatable bonds is 3. The number of carbonyl (C=O) groups excluding carboxylic acids is 1. The summed E-state index contributed by atoms with van der Waals surface area (Å²) in [5.74, 6) is 1.74. The second kappa shape index (κ2) is 6.67. The topological polar surface area (TPSA) is 58.1 Å². The maximum atomic E-state index is 13.8. The predicted octanol–water partition coefficient (Wildman–Crippen LogP) is 2.59. The molecule has 2 aliphatic heterocycles. The molecule has 1 amide bonds. The number of amides is 1.